The highest BCUT2D eigenvalue weighted by Gasteiger charge is 2.35. The molecule has 39 heavy (non-hydrogen) atoms. The van der Waals surface area contributed by atoms with Gasteiger partial charge in [-0.15, -0.1) is 4.47 Å². The van der Waals surface area contributed by atoms with E-state index < -0.39 is 27.6 Å². The fourth-order valence-electron chi connectivity index (χ4n) is 4.12. The zero-order valence-corrected chi connectivity index (χ0v) is 21.8. The van der Waals surface area contributed by atoms with E-state index >= 15 is 0 Å². The minimum atomic E-state index is -4.80. The predicted octanol–water partition coefficient (Wildman–Crippen LogP) is 4.03. The van der Waals surface area contributed by atoms with E-state index in [1.807, 2.05) is 6.92 Å². The van der Waals surface area contributed by atoms with E-state index in [1.54, 1.807) is 29.2 Å². The number of likely N-dealkylation sites (tertiary alicyclic amines) is 1. The Hall–Kier alpha value is -3.98. The van der Waals surface area contributed by atoms with Crippen LogP contribution in [0.4, 0.5) is 36.4 Å². The highest BCUT2D eigenvalue weighted by molar-refractivity contribution is 7.91. The molecule has 4 rings (SSSR count). The summed E-state index contributed by atoms with van der Waals surface area (Å²) >= 11 is 0. The molecule has 11 nitrogen and oxygen atoms in total. The molecule has 0 bridgehead atoms. The summed E-state index contributed by atoms with van der Waals surface area (Å²) in [4.78, 5) is 26.2. The van der Waals surface area contributed by atoms with Gasteiger partial charge in [0.15, 0.2) is 5.82 Å². The standard InChI is InChI=1S/C24H26F3N7O4S/c1-15-6-5-11-33(15)22(35)16-7-3-9-18(12-16)31-23-30-14-19(24(25,26)27)20(32-23)29-13-17-8-4-10-28-21(17)34(36)39(2,37)38/h3-4,7-10,12,14-15,36H,5-6,11,13H2,1-2H3,(H2,29,30,31,32). The van der Waals surface area contributed by atoms with E-state index in [0.717, 1.165) is 19.1 Å². The molecule has 3 aromatic rings. The fourth-order valence-corrected chi connectivity index (χ4v) is 4.60. The van der Waals surface area contributed by atoms with Gasteiger partial charge in [0, 0.05) is 48.3 Å². The number of hydrogen-bond acceptors (Lipinski definition) is 9. The third-order valence-electron chi connectivity index (χ3n) is 6.08. The second-order valence-electron chi connectivity index (χ2n) is 8.99. The lowest BCUT2D eigenvalue weighted by atomic mass is 10.1. The van der Waals surface area contributed by atoms with Crippen LogP contribution in [0.15, 0.2) is 48.8 Å². The second kappa shape index (κ2) is 11.0. The summed E-state index contributed by atoms with van der Waals surface area (Å²) in [5.74, 6) is -1.27. The number of hydrogen-bond donors (Lipinski definition) is 3. The van der Waals surface area contributed by atoms with E-state index in [1.165, 1.54) is 18.3 Å². The van der Waals surface area contributed by atoms with Gasteiger partial charge in [-0.05, 0) is 44.0 Å². The van der Waals surface area contributed by atoms with Crippen LogP contribution in [0.5, 0.6) is 0 Å². The van der Waals surface area contributed by atoms with Crippen LogP contribution in [0.25, 0.3) is 0 Å². The van der Waals surface area contributed by atoms with Crippen molar-refractivity contribution in [3.63, 3.8) is 0 Å². The average Bonchev–Trinajstić information content (AvgIpc) is 3.31. The number of alkyl halides is 3. The van der Waals surface area contributed by atoms with Crippen LogP contribution < -0.4 is 15.1 Å². The number of nitrogens with one attached hydrogen (secondary N) is 2. The van der Waals surface area contributed by atoms with Crippen molar-refractivity contribution in [1.82, 2.24) is 19.9 Å². The monoisotopic (exact) mass is 565 g/mol. The van der Waals surface area contributed by atoms with Crippen molar-refractivity contribution in [2.75, 3.05) is 27.9 Å². The van der Waals surface area contributed by atoms with Crippen LogP contribution in [0.3, 0.4) is 0 Å². The number of carbonyl (C=O) groups excluding carboxylic acids is 1. The van der Waals surface area contributed by atoms with Gasteiger partial charge in [0.1, 0.15) is 11.4 Å². The van der Waals surface area contributed by atoms with Gasteiger partial charge in [0.25, 0.3) is 15.9 Å². The number of halogens is 3. The van der Waals surface area contributed by atoms with Crippen LogP contribution in [-0.4, -0.2) is 58.2 Å². The van der Waals surface area contributed by atoms with Crippen LogP contribution in [0.2, 0.25) is 0 Å². The van der Waals surface area contributed by atoms with E-state index in [0.29, 0.717) is 24.0 Å². The molecule has 2 aromatic heterocycles. The Kier molecular flexibility index (Phi) is 7.92. The zero-order valence-electron chi connectivity index (χ0n) is 21.0. The number of aromatic nitrogens is 3. The number of benzene rings is 1. The molecule has 0 radical (unpaired) electrons. The quantitative estimate of drug-likeness (QED) is 0.345. The van der Waals surface area contributed by atoms with Gasteiger partial charge in [-0.3, -0.25) is 10.0 Å². The molecule has 1 unspecified atom stereocenters. The largest absolute Gasteiger partial charge is 0.421 e. The lowest BCUT2D eigenvalue weighted by molar-refractivity contribution is -0.137. The van der Waals surface area contributed by atoms with Crippen LogP contribution in [0, 0.1) is 0 Å². The molecule has 208 valence electrons. The number of carbonyl (C=O) groups is 1. The topological polar surface area (TPSA) is 141 Å². The maximum atomic E-state index is 13.7. The number of amides is 1. The Balaban J connectivity index is 1.58. The Morgan fingerprint density at radius 3 is 2.67 bits per heavy atom. The van der Waals surface area contributed by atoms with Gasteiger partial charge < -0.3 is 15.5 Å². The van der Waals surface area contributed by atoms with Crippen LogP contribution in [0.1, 0.15) is 41.3 Å². The molecule has 0 saturated carbocycles. The Morgan fingerprint density at radius 2 is 2.00 bits per heavy atom. The van der Waals surface area contributed by atoms with Crippen molar-refractivity contribution in [1.29, 1.82) is 0 Å². The molecular formula is C24H26F3N7O4S. The maximum Gasteiger partial charge on any atom is 0.421 e. The molecule has 0 aliphatic carbocycles. The molecule has 1 saturated heterocycles. The lowest BCUT2D eigenvalue weighted by Gasteiger charge is -2.21. The minimum absolute atomic E-state index is 0.0567. The molecule has 3 N–H and O–H groups in total. The first-order valence-corrected chi connectivity index (χ1v) is 13.7. The Bertz CT molecular complexity index is 1470. The molecule has 1 aromatic carbocycles. The first-order valence-electron chi connectivity index (χ1n) is 11.8. The summed E-state index contributed by atoms with van der Waals surface area (Å²) < 4.78 is 64.5. The second-order valence-corrected chi connectivity index (χ2v) is 10.8. The predicted molar refractivity (Wildman–Crippen MR) is 137 cm³/mol. The minimum Gasteiger partial charge on any atom is -0.365 e. The number of nitrogens with zero attached hydrogens (tertiary/aromatic N) is 5. The summed E-state index contributed by atoms with van der Waals surface area (Å²) in [6, 6.07) is 9.45. The number of anilines is 4. The molecule has 1 fully saturated rings. The van der Waals surface area contributed by atoms with Gasteiger partial charge in [0.05, 0.1) is 6.26 Å². The third kappa shape index (κ3) is 6.54. The molecule has 0 spiro atoms. The number of pyridine rings is 1. The smallest absolute Gasteiger partial charge is 0.365 e. The third-order valence-corrected chi connectivity index (χ3v) is 6.88. The van der Waals surface area contributed by atoms with Gasteiger partial charge in [-0.1, -0.05) is 12.1 Å². The molecule has 1 atom stereocenters. The average molecular weight is 566 g/mol. The van der Waals surface area contributed by atoms with Gasteiger partial charge in [-0.2, -0.15) is 18.2 Å². The molecule has 1 amide bonds. The highest BCUT2D eigenvalue weighted by atomic mass is 32.2. The summed E-state index contributed by atoms with van der Waals surface area (Å²) in [7, 11) is -4.10. The molecule has 1 aliphatic heterocycles. The highest BCUT2D eigenvalue weighted by Crippen LogP contribution is 2.34. The van der Waals surface area contributed by atoms with Crippen molar-refractivity contribution in [3.8, 4) is 0 Å². The molecule has 15 heteroatoms. The SMILES string of the molecule is CC1CCCN1C(=O)c1cccc(Nc2ncc(C(F)(F)F)c(NCc3cccnc3N(O)S(C)(=O)=O)n2)c1. The van der Waals surface area contributed by atoms with E-state index in [-0.39, 0.29) is 40.3 Å². The summed E-state index contributed by atoms with van der Waals surface area (Å²) in [6.45, 7) is 2.28. The first-order chi connectivity index (χ1) is 18.3. The molecule has 1 aliphatic rings. The van der Waals surface area contributed by atoms with Gasteiger partial charge in [-0.25, -0.2) is 18.4 Å². The maximum absolute atomic E-state index is 13.7. The summed E-state index contributed by atoms with van der Waals surface area (Å²) in [6.07, 6.45) is -0.374. The normalized spacial score (nSPS) is 15.7. The van der Waals surface area contributed by atoms with Gasteiger partial charge >= 0.3 is 6.18 Å². The Morgan fingerprint density at radius 1 is 1.23 bits per heavy atom. The van der Waals surface area contributed by atoms with E-state index in [2.05, 4.69) is 25.6 Å². The molecule has 3 heterocycles. The molecular weight excluding hydrogens is 539 g/mol. The number of rotatable bonds is 8. The van der Waals surface area contributed by atoms with Gasteiger partial charge in [0.2, 0.25) is 5.95 Å². The summed E-state index contributed by atoms with van der Waals surface area (Å²) in [5.41, 5.74) is -0.247. The zero-order chi connectivity index (χ0) is 28.4. The van der Waals surface area contributed by atoms with Crippen molar-refractivity contribution < 1.29 is 31.6 Å². The summed E-state index contributed by atoms with van der Waals surface area (Å²) in [5, 5.41) is 15.3. The fraction of sp³-hybridized carbons (Fsp3) is 0.333. The van der Waals surface area contributed by atoms with Crippen LogP contribution in [-0.2, 0) is 22.7 Å². The number of sulfonamides is 1. The van der Waals surface area contributed by atoms with E-state index in [4.69, 9.17) is 0 Å². The van der Waals surface area contributed by atoms with Crippen molar-refractivity contribution in [2.24, 2.45) is 0 Å². The van der Waals surface area contributed by atoms with Crippen LogP contribution >= 0.6 is 0 Å². The Labute approximate surface area is 222 Å². The van der Waals surface area contributed by atoms with Crippen molar-refractivity contribution in [2.45, 2.75) is 38.5 Å². The van der Waals surface area contributed by atoms with Crippen molar-refractivity contribution >= 4 is 39.2 Å². The van der Waals surface area contributed by atoms with E-state index in [9.17, 15) is 31.6 Å². The first kappa shape index (κ1) is 28.0. The van der Waals surface area contributed by atoms with Crippen molar-refractivity contribution in [3.05, 3.63) is 65.5 Å². The lowest BCUT2D eigenvalue weighted by Crippen LogP contribution is -2.33.